The van der Waals surface area contributed by atoms with Gasteiger partial charge in [-0.15, -0.1) is 23.1 Å². The maximum absolute atomic E-state index is 12.1. The van der Waals surface area contributed by atoms with Crippen LogP contribution in [0.3, 0.4) is 0 Å². The number of methoxy groups -OCH3 is 1. The van der Waals surface area contributed by atoms with Gasteiger partial charge in [0.25, 0.3) is 0 Å². The van der Waals surface area contributed by atoms with Crippen LogP contribution in [0.25, 0.3) is 0 Å². The topological polar surface area (TPSA) is 58.6 Å². The molecule has 1 aliphatic rings. The average Bonchev–Trinajstić information content (AvgIpc) is 3.07. The van der Waals surface area contributed by atoms with Gasteiger partial charge < -0.3 is 15.0 Å². The number of thiophene rings is 1. The zero-order valence-corrected chi connectivity index (χ0v) is 13.1. The highest BCUT2D eigenvalue weighted by Gasteiger charge is 2.39. The van der Waals surface area contributed by atoms with Gasteiger partial charge in [-0.05, 0) is 18.4 Å². The van der Waals surface area contributed by atoms with Gasteiger partial charge >= 0.3 is 0 Å². The molecule has 1 fully saturated rings. The highest BCUT2D eigenvalue weighted by atomic mass is 32.2. The minimum Gasteiger partial charge on any atom is -0.383 e. The van der Waals surface area contributed by atoms with Gasteiger partial charge in [-0.2, -0.15) is 0 Å². The van der Waals surface area contributed by atoms with Gasteiger partial charge in [-0.25, -0.2) is 0 Å². The number of hydrogen-bond acceptors (Lipinski definition) is 5. The Bertz CT molecular complexity index is 464. The van der Waals surface area contributed by atoms with Crippen LogP contribution in [-0.2, 0) is 14.3 Å². The maximum atomic E-state index is 12.1. The first-order valence-electron chi connectivity index (χ1n) is 6.38. The number of nitrogens with one attached hydrogen (secondary N) is 1. The predicted octanol–water partition coefficient (Wildman–Crippen LogP) is 1.47. The lowest BCUT2D eigenvalue weighted by Crippen LogP contribution is -2.47. The van der Waals surface area contributed by atoms with Crippen molar-refractivity contribution in [2.75, 3.05) is 26.0 Å². The zero-order valence-electron chi connectivity index (χ0n) is 11.5. The number of carbonyl (C=O) groups is 2. The zero-order chi connectivity index (χ0) is 14.5. The molecular weight excluding hydrogens is 296 g/mol. The van der Waals surface area contributed by atoms with E-state index in [1.807, 2.05) is 17.5 Å². The molecule has 1 aromatic heterocycles. The van der Waals surface area contributed by atoms with E-state index in [0.717, 1.165) is 4.88 Å². The summed E-state index contributed by atoms with van der Waals surface area (Å²) in [6, 6.07) is 3.50. The smallest absolute Gasteiger partial charge is 0.242 e. The summed E-state index contributed by atoms with van der Waals surface area (Å²) in [6.45, 7) is 2.69. The summed E-state index contributed by atoms with van der Waals surface area (Å²) in [4.78, 5) is 26.9. The lowest BCUT2D eigenvalue weighted by atomic mass is 10.2. The molecule has 1 aliphatic heterocycles. The van der Waals surface area contributed by atoms with Crippen molar-refractivity contribution in [3.05, 3.63) is 22.4 Å². The molecule has 20 heavy (non-hydrogen) atoms. The van der Waals surface area contributed by atoms with Crippen molar-refractivity contribution in [1.29, 1.82) is 0 Å². The SMILES string of the molecule is COCCNC(=O)C(C)N1C(=O)CSC1c1cccs1. The Morgan fingerprint density at radius 1 is 1.65 bits per heavy atom. The van der Waals surface area contributed by atoms with Gasteiger partial charge in [0.2, 0.25) is 11.8 Å². The molecule has 110 valence electrons. The van der Waals surface area contributed by atoms with E-state index < -0.39 is 6.04 Å². The third-order valence-electron chi connectivity index (χ3n) is 3.09. The van der Waals surface area contributed by atoms with Crippen molar-refractivity contribution in [2.24, 2.45) is 0 Å². The normalized spacial score (nSPS) is 20.2. The van der Waals surface area contributed by atoms with Crippen LogP contribution in [0.2, 0.25) is 0 Å². The Hall–Kier alpha value is -1.05. The highest BCUT2D eigenvalue weighted by molar-refractivity contribution is 8.00. The predicted molar refractivity (Wildman–Crippen MR) is 80.7 cm³/mol. The fourth-order valence-corrected chi connectivity index (χ4v) is 4.28. The molecule has 2 atom stereocenters. The summed E-state index contributed by atoms with van der Waals surface area (Å²) in [5.41, 5.74) is 0. The summed E-state index contributed by atoms with van der Waals surface area (Å²) in [7, 11) is 1.59. The molecule has 0 radical (unpaired) electrons. The molecule has 2 amide bonds. The Morgan fingerprint density at radius 2 is 2.45 bits per heavy atom. The van der Waals surface area contributed by atoms with Crippen LogP contribution >= 0.6 is 23.1 Å². The fraction of sp³-hybridized carbons (Fsp3) is 0.538. The molecule has 2 unspecified atom stereocenters. The van der Waals surface area contributed by atoms with E-state index in [2.05, 4.69) is 5.32 Å². The number of carbonyl (C=O) groups excluding carboxylic acids is 2. The summed E-state index contributed by atoms with van der Waals surface area (Å²) >= 11 is 3.18. The van der Waals surface area contributed by atoms with Crippen LogP contribution in [0.5, 0.6) is 0 Å². The minimum atomic E-state index is -0.471. The minimum absolute atomic E-state index is 0.0165. The molecule has 2 heterocycles. The molecule has 0 saturated carbocycles. The fourth-order valence-electron chi connectivity index (χ4n) is 2.06. The van der Waals surface area contributed by atoms with Gasteiger partial charge in [-0.1, -0.05) is 6.07 Å². The second-order valence-electron chi connectivity index (χ2n) is 4.44. The van der Waals surface area contributed by atoms with Crippen LogP contribution in [0.4, 0.5) is 0 Å². The van der Waals surface area contributed by atoms with E-state index in [1.54, 1.807) is 42.0 Å². The van der Waals surface area contributed by atoms with Gasteiger partial charge in [0.1, 0.15) is 11.4 Å². The number of ether oxygens (including phenoxy) is 1. The van der Waals surface area contributed by atoms with Crippen molar-refractivity contribution in [3.63, 3.8) is 0 Å². The summed E-state index contributed by atoms with van der Waals surface area (Å²) in [5, 5.41) is 4.72. The molecule has 1 aromatic rings. The van der Waals surface area contributed by atoms with E-state index in [4.69, 9.17) is 4.74 Å². The number of hydrogen-bond donors (Lipinski definition) is 1. The first-order valence-corrected chi connectivity index (χ1v) is 8.30. The molecular formula is C13H18N2O3S2. The van der Waals surface area contributed by atoms with Crippen molar-refractivity contribution >= 4 is 34.9 Å². The van der Waals surface area contributed by atoms with Crippen LogP contribution in [0, 0.1) is 0 Å². The molecule has 1 N–H and O–H groups in total. The van der Waals surface area contributed by atoms with Gasteiger partial charge in [0.15, 0.2) is 0 Å². The molecule has 0 aromatic carbocycles. The Labute approximate surface area is 126 Å². The standard InChI is InChI=1S/C13H18N2O3S2/c1-9(12(17)14-5-6-18-2)15-11(16)8-20-13(15)10-4-3-7-19-10/h3-4,7,9,13H,5-6,8H2,1-2H3,(H,14,17). The molecule has 0 bridgehead atoms. The van der Waals surface area contributed by atoms with Crippen molar-refractivity contribution < 1.29 is 14.3 Å². The monoisotopic (exact) mass is 314 g/mol. The van der Waals surface area contributed by atoms with E-state index >= 15 is 0 Å². The lowest BCUT2D eigenvalue weighted by molar-refractivity contribution is -0.137. The molecule has 5 nitrogen and oxygen atoms in total. The quantitative estimate of drug-likeness (QED) is 0.808. The number of nitrogens with zero attached hydrogens (tertiary/aromatic N) is 1. The summed E-state index contributed by atoms with van der Waals surface area (Å²) in [6.07, 6.45) is 0. The number of thioether (sulfide) groups is 1. The summed E-state index contributed by atoms with van der Waals surface area (Å²) in [5.74, 6) is 0.306. The second-order valence-corrected chi connectivity index (χ2v) is 6.49. The van der Waals surface area contributed by atoms with Crippen LogP contribution in [0.15, 0.2) is 17.5 Å². The first-order chi connectivity index (χ1) is 9.65. The maximum Gasteiger partial charge on any atom is 0.242 e. The van der Waals surface area contributed by atoms with Gasteiger partial charge in [-0.3, -0.25) is 9.59 Å². The van der Waals surface area contributed by atoms with Gasteiger partial charge in [0, 0.05) is 18.5 Å². The third kappa shape index (κ3) is 3.34. The van der Waals surface area contributed by atoms with Crippen LogP contribution < -0.4 is 5.32 Å². The van der Waals surface area contributed by atoms with Crippen molar-refractivity contribution in [1.82, 2.24) is 10.2 Å². The number of amides is 2. The molecule has 0 aliphatic carbocycles. The van der Waals surface area contributed by atoms with Crippen LogP contribution in [-0.4, -0.2) is 48.8 Å². The van der Waals surface area contributed by atoms with E-state index in [1.165, 1.54) is 0 Å². The van der Waals surface area contributed by atoms with E-state index in [0.29, 0.717) is 18.9 Å². The highest BCUT2D eigenvalue weighted by Crippen LogP contribution is 2.41. The molecule has 0 spiro atoms. The Balaban J connectivity index is 2.04. The third-order valence-corrected chi connectivity index (χ3v) is 5.38. The molecule has 1 saturated heterocycles. The lowest BCUT2D eigenvalue weighted by Gasteiger charge is -2.28. The molecule has 7 heteroatoms. The Kier molecular flexibility index (Phi) is 5.45. The first kappa shape index (κ1) is 15.3. The Morgan fingerprint density at radius 3 is 3.10 bits per heavy atom. The van der Waals surface area contributed by atoms with Gasteiger partial charge in [0.05, 0.1) is 12.4 Å². The second kappa shape index (κ2) is 7.10. The van der Waals surface area contributed by atoms with Crippen LogP contribution in [0.1, 0.15) is 17.2 Å². The van der Waals surface area contributed by atoms with E-state index in [-0.39, 0.29) is 17.2 Å². The van der Waals surface area contributed by atoms with E-state index in [9.17, 15) is 9.59 Å². The summed E-state index contributed by atoms with van der Waals surface area (Å²) < 4.78 is 4.90. The largest absolute Gasteiger partial charge is 0.383 e. The molecule has 2 rings (SSSR count). The van der Waals surface area contributed by atoms with Crippen molar-refractivity contribution in [2.45, 2.75) is 18.3 Å². The number of rotatable bonds is 6. The average molecular weight is 314 g/mol. The van der Waals surface area contributed by atoms with Crippen molar-refractivity contribution in [3.8, 4) is 0 Å².